The Morgan fingerprint density at radius 1 is 0.881 bits per heavy atom. The van der Waals surface area contributed by atoms with Crippen molar-refractivity contribution in [2.45, 2.75) is 32.8 Å². The molecule has 3 aromatic carbocycles. The van der Waals surface area contributed by atoms with Gasteiger partial charge >= 0.3 is 6.09 Å². The minimum Gasteiger partial charge on any atom is -0.484 e. The van der Waals surface area contributed by atoms with Gasteiger partial charge in [-0.15, -0.1) is 0 Å². The van der Waals surface area contributed by atoms with Crippen LogP contribution in [0, 0.1) is 0 Å². The van der Waals surface area contributed by atoms with Crippen LogP contribution in [0.15, 0.2) is 97.2 Å². The monoisotopic (exact) mass is 566 g/mol. The molecule has 3 amide bonds. The normalized spacial score (nSPS) is 10.9. The standard InChI is InChI=1S/C33H34N4O5/c1-33(2,3)42-32(40)37(21-19-24-8-6-7-20-35-24)26-15-13-25(14-16-26)36-31(39)29-10-5-4-9-28(29)23-11-17-27(18-12-23)41-22-30(34)38/h4-18,20H,19,21-22H2,1-3H3,(H2,34,38)(H,36,39). The number of benzene rings is 3. The van der Waals surface area contributed by atoms with Crippen LogP contribution in [0.25, 0.3) is 11.1 Å². The Morgan fingerprint density at radius 2 is 1.57 bits per heavy atom. The van der Waals surface area contributed by atoms with E-state index in [-0.39, 0.29) is 12.5 Å². The molecule has 1 heterocycles. The van der Waals surface area contributed by atoms with Gasteiger partial charge in [-0.25, -0.2) is 4.79 Å². The van der Waals surface area contributed by atoms with Crippen molar-refractivity contribution in [3.63, 3.8) is 0 Å². The lowest BCUT2D eigenvalue weighted by Gasteiger charge is -2.27. The first kappa shape index (κ1) is 29.8. The van der Waals surface area contributed by atoms with Crippen molar-refractivity contribution in [3.05, 3.63) is 108 Å². The Bertz CT molecular complexity index is 1520. The molecule has 0 aliphatic rings. The third-order valence-electron chi connectivity index (χ3n) is 6.09. The van der Waals surface area contributed by atoms with Gasteiger partial charge in [0.25, 0.3) is 11.8 Å². The predicted octanol–water partition coefficient (Wildman–Crippen LogP) is 5.85. The fourth-order valence-corrected chi connectivity index (χ4v) is 4.16. The number of nitrogens with zero attached hydrogens (tertiary/aromatic N) is 2. The summed E-state index contributed by atoms with van der Waals surface area (Å²) in [5.41, 5.74) is 8.58. The molecule has 216 valence electrons. The number of carbonyl (C=O) groups excluding carboxylic acids is 3. The molecule has 4 rings (SSSR count). The van der Waals surface area contributed by atoms with Gasteiger partial charge in [0, 0.05) is 41.8 Å². The number of anilines is 2. The number of nitrogens with two attached hydrogens (primary N) is 1. The summed E-state index contributed by atoms with van der Waals surface area (Å²) in [6.45, 7) is 5.63. The zero-order valence-electron chi connectivity index (χ0n) is 23.9. The third kappa shape index (κ3) is 8.41. The molecule has 0 spiro atoms. The SMILES string of the molecule is CC(C)(C)OC(=O)N(CCc1ccccn1)c1ccc(NC(=O)c2ccccc2-c2ccc(OCC(N)=O)cc2)cc1. The molecular weight excluding hydrogens is 532 g/mol. The largest absolute Gasteiger partial charge is 0.484 e. The van der Waals surface area contributed by atoms with Crippen LogP contribution < -0.4 is 20.7 Å². The number of pyridine rings is 1. The number of amides is 3. The average molecular weight is 567 g/mol. The third-order valence-corrected chi connectivity index (χ3v) is 6.09. The number of hydrogen-bond donors (Lipinski definition) is 2. The van der Waals surface area contributed by atoms with Gasteiger partial charge in [0.05, 0.1) is 0 Å². The molecule has 42 heavy (non-hydrogen) atoms. The molecule has 0 saturated heterocycles. The topological polar surface area (TPSA) is 124 Å². The van der Waals surface area contributed by atoms with Crippen molar-refractivity contribution in [1.82, 2.24) is 4.98 Å². The highest BCUT2D eigenvalue weighted by Crippen LogP contribution is 2.27. The molecule has 4 aromatic rings. The van der Waals surface area contributed by atoms with E-state index >= 15 is 0 Å². The highest BCUT2D eigenvalue weighted by molar-refractivity contribution is 6.08. The smallest absolute Gasteiger partial charge is 0.414 e. The Kier molecular flexibility index (Phi) is 9.54. The first-order valence-electron chi connectivity index (χ1n) is 13.5. The number of ether oxygens (including phenoxy) is 2. The average Bonchev–Trinajstić information content (AvgIpc) is 2.97. The zero-order valence-corrected chi connectivity index (χ0v) is 23.9. The molecule has 9 nitrogen and oxygen atoms in total. The number of nitrogens with one attached hydrogen (secondary N) is 1. The molecule has 0 bridgehead atoms. The Labute approximate surface area is 245 Å². The lowest BCUT2D eigenvalue weighted by atomic mass is 9.99. The number of carbonyl (C=O) groups is 3. The lowest BCUT2D eigenvalue weighted by Crippen LogP contribution is -2.38. The van der Waals surface area contributed by atoms with E-state index in [0.717, 1.165) is 16.8 Å². The molecule has 0 fully saturated rings. The van der Waals surface area contributed by atoms with E-state index in [4.69, 9.17) is 15.2 Å². The molecule has 0 saturated carbocycles. The second kappa shape index (κ2) is 13.5. The highest BCUT2D eigenvalue weighted by Gasteiger charge is 2.24. The minimum absolute atomic E-state index is 0.211. The molecule has 0 radical (unpaired) electrons. The van der Waals surface area contributed by atoms with Gasteiger partial charge in [-0.05, 0) is 86.5 Å². The fourth-order valence-electron chi connectivity index (χ4n) is 4.16. The van der Waals surface area contributed by atoms with Crippen LogP contribution in [0.2, 0.25) is 0 Å². The minimum atomic E-state index is -0.654. The van der Waals surface area contributed by atoms with Crippen LogP contribution in [0.4, 0.5) is 16.2 Å². The van der Waals surface area contributed by atoms with Gasteiger partial charge in [0.1, 0.15) is 11.4 Å². The van der Waals surface area contributed by atoms with Crippen molar-refractivity contribution in [1.29, 1.82) is 0 Å². The summed E-state index contributed by atoms with van der Waals surface area (Å²) in [6.07, 6.45) is 1.81. The van der Waals surface area contributed by atoms with Crippen LogP contribution in [0.5, 0.6) is 5.75 Å². The predicted molar refractivity (Wildman–Crippen MR) is 162 cm³/mol. The number of primary amides is 1. The summed E-state index contributed by atoms with van der Waals surface area (Å²) in [7, 11) is 0. The van der Waals surface area contributed by atoms with E-state index in [2.05, 4.69) is 10.3 Å². The van der Waals surface area contributed by atoms with Crippen molar-refractivity contribution in [3.8, 4) is 16.9 Å². The number of rotatable bonds is 10. The number of hydrogen-bond acceptors (Lipinski definition) is 6. The summed E-state index contributed by atoms with van der Waals surface area (Å²) in [5.74, 6) is -0.345. The molecule has 0 aliphatic carbocycles. The molecule has 0 atom stereocenters. The van der Waals surface area contributed by atoms with Crippen LogP contribution in [-0.4, -0.2) is 41.6 Å². The molecule has 0 aliphatic heterocycles. The first-order chi connectivity index (χ1) is 20.1. The van der Waals surface area contributed by atoms with Crippen LogP contribution in [-0.2, 0) is 16.0 Å². The van der Waals surface area contributed by atoms with Gasteiger partial charge in [0.15, 0.2) is 6.61 Å². The quantitative estimate of drug-likeness (QED) is 0.248. The van der Waals surface area contributed by atoms with Gasteiger partial charge in [-0.2, -0.15) is 0 Å². The van der Waals surface area contributed by atoms with E-state index in [1.807, 2.05) is 63.2 Å². The van der Waals surface area contributed by atoms with Crippen LogP contribution in [0.1, 0.15) is 36.8 Å². The van der Waals surface area contributed by atoms with Gasteiger partial charge in [-0.3, -0.25) is 19.5 Å². The Morgan fingerprint density at radius 3 is 2.21 bits per heavy atom. The van der Waals surface area contributed by atoms with Crippen LogP contribution in [0.3, 0.4) is 0 Å². The van der Waals surface area contributed by atoms with Gasteiger partial charge in [0.2, 0.25) is 0 Å². The van der Waals surface area contributed by atoms with E-state index in [0.29, 0.717) is 35.7 Å². The van der Waals surface area contributed by atoms with E-state index in [1.54, 1.807) is 59.6 Å². The maximum Gasteiger partial charge on any atom is 0.414 e. The van der Waals surface area contributed by atoms with Crippen molar-refractivity contribution >= 4 is 29.3 Å². The molecular formula is C33H34N4O5. The highest BCUT2D eigenvalue weighted by atomic mass is 16.6. The Balaban J connectivity index is 1.49. The summed E-state index contributed by atoms with van der Waals surface area (Å²) in [4.78, 5) is 43.3. The van der Waals surface area contributed by atoms with Gasteiger partial charge in [-0.1, -0.05) is 36.4 Å². The first-order valence-corrected chi connectivity index (χ1v) is 13.5. The zero-order chi connectivity index (χ0) is 30.1. The summed E-state index contributed by atoms with van der Waals surface area (Å²) in [6, 6.07) is 27.0. The number of aromatic nitrogens is 1. The molecule has 0 unspecified atom stereocenters. The summed E-state index contributed by atoms with van der Waals surface area (Å²) >= 11 is 0. The molecule has 3 N–H and O–H groups in total. The molecule has 1 aromatic heterocycles. The van der Waals surface area contributed by atoms with E-state index in [9.17, 15) is 14.4 Å². The van der Waals surface area contributed by atoms with Crippen molar-refractivity contribution in [2.24, 2.45) is 5.73 Å². The maximum atomic E-state index is 13.3. The maximum absolute atomic E-state index is 13.3. The lowest BCUT2D eigenvalue weighted by molar-refractivity contribution is -0.119. The van der Waals surface area contributed by atoms with Crippen molar-refractivity contribution in [2.75, 3.05) is 23.4 Å². The Hall–Kier alpha value is -5.18. The second-order valence-corrected chi connectivity index (χ2v) is 10.5. The fraction of sp³-hybridized carbons (Fsp3) is 0.212. The summed E-state index contributed by atoms with van der Waals surface area (Å²) < 4.78 is 11.0. The molecule has 9 heteroatoms. The van der Waals surface area contributed by atoms with E-state index in [1.165, 1.54) is 0 Å². The second-order valence-electron chi connectivity index (χ2n) is 10.5. The van der Waals surface area contributed by atoms with E-state index < -0.39 is 17.6 Å². The summed E-state index contributed by atoms with van der Waals surface area (Å²) in [5, 5.41) is 2.94. The van der Waals surface area contributed by atoms with Crippen molar-refractivity contribution < 1.29 is 23.9 Å². The van der Waals surface area contributed by atoms with Crippen LogP contribution >= 0.6 is 0 Å². The van der Waals surface area contributed by atoms with Gasteiger partial charge < -0.3 is 20.5 Å².